The van der Waals surface area contributed by atoms with Crippen molar-refractivity contribution in [2.24, 2.45) is 0 Å². The second kappa shape index (κ2) is 4.98. The first-order chi connectivity index (χ1) is 9.66. The van der Waals surface area contributed by atoms with E-state index in [1.807, 2.05) is 30.3 Å². The van der Waals surface area contributed by atoms with Crippen LogP contribution in [0.25, 0.3) is 22.4 Å². The first kappa shape index (κ1) is 12.7. The molecule has 0 amide bonds. The Labute approximate surface area is 119 Å². The molecule has 1 aromatic heterocycles. The monoisotopic (exact) mass is 288 g/mol. The van der Waals surface area contributed by atoms with Crippen molar-refractivity contribution in [1.29, 1.82) is 0 Å². The fourth-order valence-electron chi connectivity index (χ4n) is 2.03. The number of benzene rings is 2. The Morgan fingerprint density at radius 3 is 2.50 bits per heavy atom. The van der Waals surface area contributed by atoms with Crippen LogP contribution in [-0.4, -0.2) is 5.16 Å². The summed E-state index contributed by atoms with van der Waals surface area (Å²) in [4.78, 5) is 0. The molecule has 1 heterocycles. The molecule has 0 atom stereocenters. The third kappa shape index (κ3) is 2.14. The van der Waals surface area contributed by atoms with Crippen LogP contribution in [0, 0.1) is 5.82 Å². The number of nitrogen functional groups attached to an aromatic ring is 1. The molecular weight excluding hydrogens is 279 g/mol. The Hall–Kier alpha value is -2.33. The van der Waals surface area contributed by atoms with Gasteiger partial charge < -0.3 is 10.3 Å². The third-order valence-electron chi connectivity index (χ3n) is 2.97. The molecule has 3 aromatic rings. The molecule has 3 rings (SSSR count). The first-order valence-corrected chi connectivity index (χ1v) is 6.30. The van der Waals surface area contributed by atoms with E-state index >= 15 is 0 Å². The van der Waals surface area contributed by atoms with Crippen LogP contribution in [0.2, 0.25) is 5.02 Å². The smallest absolute Gasteiger partial charge is 0.230 e. The summed E-state index contributed by atoms with van der Waals surface area (Å²) in [6.45, 7) is 0. The average molecular weight is 289 g/mol. The van der Waals surface area contributed by atoms with Gasteiger partial charge in [-0.15, -0.1) is 0 Å². The maximum Gasteiger partial charge on any atom is 0.230 e. The Bertz CT molecular complexity index is 756. The van der Waals surface area contributed by atoms with E-state index in [1.54, 1.807) is 6.07 Å². The van der Waals surface area contributed by atoms with Gasteiger partial charge in [0.05, 0.1) is 10.6 Å². The predicted octanol–water partition coefficient (Wildman–Crippen LogP) is 4.38. The lowest BCUT2D eigenvalue weighted by molar-refractivity contribution is 0.439. The molecule has 0 bridgehead atoms. The van der Waals surface area contributed by atoms with Gasteiger partial charge in [-0.25, -0.2) is 4.39 Å². The van der Waals surface area contributed by atoms with Crippen LogP contribution in [0.3, 0.4) is 0 Å². The SMILES string of the molecule is Nc1onc(-c2ccc(F)c(Cl)c2)c1-c1ccccc1. The number of nitrogens with zero attached hydrogens (tertiary/aromatic N) is 1. The molecule has 0 spiro atoms. The van der Waals surface area contributed by atoms with Crippen molar-refractivity contribution in [3.8, 4) is 22.4 Å². The summed E-state index contributed by atoms with van der Waals surface area (Å²) in [5.41, 5.74) is 8.58. The number of aromatic nitrogens is 1. The first-order valence-electron chi connectivity index (χ1n) is 5.93. The zero-order chi connectivity index (χ0) is 14.1. The van der Waals surface area contributed by atoms with E-state index < -0.39 is 5.82 Å². The zero-order valence-electron chi connectivity index (χ0n) is 10.3. The van der Waals surface area contributed by atoms with Crippen LogP contribution in [-0.2, 0) is 0 Å². The van der Waals surface area contributed by atoms with Gasteiger partial charge in [-0.3, -0.25) is 0 Å². The average Bonchev–Trinajstić information content (AvgIpc) is 2.85. The van der Waals surface area contributed by atoms with Gasteiger partial charge in [0.15, 0.2) is 0 Å². The summed E-state index contributed by atoms with van der Waals surface area (Å²) < 4.78 is 18.3. The fraction of sp³-hybridized carbons (Fsp3) is 0. The standard InChI is InChI=1S/C15H10ClFN2O/c16-11-8-10(6-7-12(11)17)14-13(15(18)20-19-14)9-4-2-1-3-5-9/h1-8H,18H2. The zero-order valence-corrected chi connectivity index (χ0v) is 11.1. The summed E-state index contributed by atoms with van der Waals surface area (Å²) in [5, 5.41) is 3.98. The summed E-state index contributed by atoms with van der Waals surface area (Å²) >= 11 is 5.80. The van der Waals surface area contributed by atoms with Crippen molar-refractivity contribution in [2.75, 3.05) is 5.73 Å². The third-order valence-corrected chi connectivity index (χ3v) is 3.26. The minimum absolute atomic E-state index is 0.0306. The molecule has 0 aliphatic rings. The van der Waals surface area contributed by atoms with Crippen LogP contribution in [0.4, 0.5) is 10.3 Å². The molecule has 0 saturated heterocycles. The molecular formula is C15H10ClFN2O. The van der Waals surface area contributed by atoms with Crippen LogP contribution < -0.4 is 5.73 Å². The molecule has 0 unspecified atom stereocenters. The van der Waals surface area contributed by atoms with Crippen LogP contribution in [0.1, 0.15) is 0 Å². The van der Waals surface area contributed by atoms with E-state index in [2.05, 4.69) is 5.16 Å². The van der Waals surface area contributed by atoms with E-state index in [0.29, 0.717) is 16.8 Å². The van der Waals surface area contributed by atoms with Gasteiger partial charge in [-0.2, -0.15) is 0 Å². The number of hydrogen-bond acceptors (Lipinski definition) is 3. The fourth-order valence-corrected chi connectivity index (χ4v) is 2.21. The van der Waals surface area contributed by atoms with Gasteiger partial charge in [0, 0.05) is 5.56 Å². The number of hydrogen-bond donors (Lipinski definition) is 1. The molecule has 2 aromatic carbocycles. The van der Waals surface area contributed by atoms with Crippen LogP contribution in [0.5, 0.6) is 0 Å². The van der Waals surface area contributed by atoms with Crippen molar-refractivity contribution in [1.82, 2.24) is 5.16 Å². The molecule has 0 fully saturated rings. The van der Waals surface area contributed by atoms with Crippen molar-refractivity contribution in [3.63, 3.8) is 0 Å². The highest BCUT2D eigenvalue weighted by Gasteiger charge is 2.17. The summed E-state index contributed by atoms with van der Waals surface area (Å²) in [7, 11) is 0. The van der Waals surface area contributed by atoms with Gasteiger partial charge in [-0.05, 0) is 23.8 Å². The quantitative estimate of drug-likeness (QED) is 0.761. The Morgan fingerprint density at radius 1 is 1.05 bits per heavy atom. The lowest BCUT2D eigenvalue weighted by Crippen LogP contribution is -1.88. The molecule has 2 N–H and O–H groups in total. The number of halogens is 2. The minimum Gasteiger partial charge on any atom is -0.367 e. The lowest BCUT2D eigenvalue weighted by Gasteiger charge is -2.03. The molecule has 0 saturated carbocycles. The molecule has 0 aliphatic heterocycles. The Morgan fingerprint density at radius 2 is 1.80 bits per heavy atom. The second-order valence-electron chi connectivity index (χ2n) is 4.27. The van der Waals surface area contributed by atoms with Crippen molar-refractivity contribution < 1.29 is 8.91 Å². The summed E-state index contributed by atoms with van der Waals surface area (Å²) in [6, 6.07) is 13.9. The van der Waals surface area contributed by atoms with Crippen LogP contribution >= 0.6 is 11.6 Å². The van der Waals surface area contributed by atoms with Crippen molar-refractivity contribution in [3.05, 3.63) is 59.4 Å². The normalized spacial score (nSPS) is 10.7. The molecule has 5 heteroatoms. The maximum absolute atomic E-state index is 13.2. The van der Waals surface area contributed by atoms with Gasteiger partial charge in [-0.1, -0.05) is 47.1 Å². The topological polar surface area (TPSA) is 52.0 Å². The predicted molar refractivity (Wildman–Crippen MR) is 76.8 cm³/mol. The molecule has 20 heavy (non-hydrogen) atoms. The van der Waals surface area contributed by atoms with Gasteiger partial charge in [0.2, 0.25) is 5.88 Å². The van der Waals surface area contributed by atoms with Crippen LogP contribution in [0.15, 0.2) is 53.1 Å². The highest BCUT2D eigenvalue weighted by atomic mass is 35.5. The molecule has 100 valence electrons. The Kier molecular flexibility index (Phi) is 3.16. The minimum atomic E-state index is -0.479. The lowest BCUT2D eigenvalue weighted by atomic mass is 10.0. The molecule has 3 nitrogen and oxygen atoms in total. The largest absolute Gasteiger partial charge is 0.367 e. The van der Waals surface area contributed by atoms with Gasteiger partial charge in [0.25, 0.3) is 0 Å². The van der Waals surface area contributed by atoms with E-state index in [9.17, 15) is 4.39 Å². The second-order valence-corrected chi connectivity index (χ2v) is 4.67. The van der Waals surface area contributed by atoms with E-state index in [-0.39, 0.29) is 10.9 Å². The number of nitrogens with two attached hydrogens (primary N) is 1. The summed E-state index contributed by atoms with van der Waals surface area (Å²) in [6.07, 6.45) is 0. The van der Waals surface area contributed by atoms with Crippen molar-refractivity contribution >= 4 is 17.5 Å². The molecule has 0 aliphatic carbocycles. The Balaban J connectivity index is 2.18. The highest BCUT2D eigenvalue weighted by Crippen LogP contribution is 2.36. The van der Waals surface area contributed by atoms with Crippen molar-refractivity contribution in [2.45, 2.75) is 0 Å². The van der Waals surface area contributed by atoms with Gasteiger partial charge >= 0.3 is 0 Å². The van der Waals surface area contributed by atoms with E-state index in [0.717, 1.165) is 5.56 Å². The molecule has 0 radical (unpaired) electrons. The number of anilines is 1. The van der Waals surface area contributed by atoms with Gasteiger partial charge in [0.1, 0.15) is 11.5 Å². The van der Waals surface area contributed by atoms with E-state index in [4.69, 9.17) is 21.9 Å². The summed E-state index contributed by atoms with van der Waals surface area (Å²) in [5.74, 6) is -0.264. The number of rotatable bonds is 2. The van der Waals surface area contributed by atoms with E-state index in [1.165, 1.54) is 12.1 Å². The maximum atomic E-state index is 13.2. The highest BCUT2D eigenvalue weighted by molar-refractivity contribution is 6.31.